The van der Waals surface area contributed by atoms with Gasteiger partial charge in [-0.3, -0.25) is 19.4 Å². The zero-order valence-electron chi connectivity index (χ0n) is 24.9. The molecule has 1 N–H and O–H groups in total. The van der Waals surface area contributed by atoms with Gasteiger partial charge in [0.15, 0.2) is 11.5 Å². The molecule has 0 unspecified atom stereocenters. The fourth-order valence-electron chi connectivity index (χ4n) is 6.64. The van der Waals surface area contributed by atoms with E-state index in [1.54, 1.807) is 31.3 Å². The molecule has 5 heterocycles. The third-order valence-corrected chi connectivity index (χ3v) is 9.61. The molecule has 11 nitrogen and oxygen atoms in total. The van der Waals surface area contributed by atoms with Gasteiger partial charge in [0.05, 0.1) is 40.8 Å². The number of imidazole rings is 1. The summed E-state index contributed by atoms with van der Waals surface area (Å²) in [5, 5.41) is 13.9. The predicted octanol–water partition coefficient (Wildman–Crippen LogP) is 5.89. The number of aromatic amines is 1. The molecule has 2 aliphatic heterocycles. The van der Waals surface area contributed by atoms with Crippen LogP contribution in [0.2, 0.25) is 5.02 Å². The SMILES string of the molecule is C[C@]1(c2ccc(Cl)cc2F)Oc2cccc(C3CCN(Cc4nc5cc(-c6noc(=O)[nH]6)ncc5n4CC4(C#N)CC4)CC3)c2O1. The molecule has 0 amide bonds. The van der Waals surface area contributed by atoms with E-state index in [1.165, 1.54) is 6.07 Å². The van der Waals surface area contributed by atoms with Crippen LogP contribution in [0, 0.1) is 22.6 Å². The first kappa shape index (κ1) is 28.7. The van der Waals surface area contributed by atoms with Gasteiger partial charge in [-0.15, -0.1) is 0 Å². The first-order valence-electron chi connectivity index (χ1n) is 15.2. The zero-order chi connectivity index (χ0) is 31.6. The molecule has 1 saturated heterocycles. The number of pyridine rings is 1. The molecule has 1 atom stereocenters. The molecule has 8 rings (SSSR count). The summed E-state index contributed by atoms with van der Waals surface area (Å²) in [4.78, 5) is 25.9. The Kier molecular flexibility index (Phi) is 6.67. The van der Waals surface area contributed by atoms with Crippen LogP contribution in [-0.2, 0) is 18.9 Å². The highest BCUT2D eigenvalue weighted by atomic mass is 35.5. The number of halogens is 2. The maximum absolute atomic E-state index is 14.9. The van der Waals surface area contributed by atoms with E-state index in [1.807, 2.05) is 12.1 Å². The van der Waals surface area contributed by atoms with Gasteiger partial charge in [0.25, 0.3) is 5.79 Å². The highest BCUT2D eigenvalue weighted by molar-refractivity contribution is 6.30. The number of nitrogens with one attached hydrogen (secondary N) is 1. The normalized spacial score (nSPS) is 20.7. The minimum Gasteiger partial charge on any atom is -0.444 e. The van der Waals surface area contributed by atoms with Crippen LogP contribution in [0.3, 0.4) is 0 Å². The molecule has 13 heteroatoms. The van der Waals surface area contributed by atoms with Gasteiger partial charge in [-0.25, -0.2) is 14.2 Å². The lowest BCUT2D eigenvalue weighted by Crippen LogP contribution is -2.34. The third kappa shape index (κ3) is 5.00. The summed E-state index contributed by atoms with van der Waals surface area (Å²) in [6, 6.07) is 14.6. The fraction of sp³-hybridized carbons (Fsp3) is 0.364. The van der Waals surface area contributed by atoms with E-state index in [0.717, 1.165) is 55.7 Å². The van der Waals surface area contributed by atoms with Gasteiger partial charge < -0.3 is 14.0 Å². The Morgan fingerprint density at radius 3 is 2.72 bits per heavy atom. The van der Waals surface area contributed by atoms with Crippen LogP contribution in [-0.4, -0.2) is 42.7 Å². The Morgan fingerprint density at radius 1 is 1.17 bits per heavy atom. The van der Waals surface area contributed by atoms with Crippen molar-refractivity contribution in [2.24, 2.45) is 5.41 Å². The van der Waals surface area contributed by atoms with E-state index in [0.29, 0.717) is 40.8 Å². The molecule has 0 radical (unpaired) electrons. The molecule has 1 saturated carbocycles. The second-order valence-electron chi connectivity index (χ2n) is 12.5. The van der Waals surface area contributed by atoms with Gasteiger partial charge in [-0.1, -0.05) is 28.9 Å². The number of hydrogen-bond donors (Lipinski definition) is 1. The molecular formula is C33H29ClFN7O4. The van der Waals surface area contributed by atoms with Crippen LogP contribution in [0.15, 0.2) is 58.0 Å². The first-order chi connectivity index (χ1) is 22.2. The van der Waals surface area contributed by atoms with Crippen LogP contribution < -0.4 is 15.2 Å². The van der Waals surface area contributed by atoms with Crippen molar-refractivity contribution in [3.63, 3.8) is 0 Å². The molecule has 3 aliphatic rings. The molecular weight excluding hydrogens is 613 g/mol. The average molecular weight is 642 g/mol. The number of benzene rings is 2. The van der Waals surface area contributed by atoms with Gasteiger partial charge in [-0.2, -0.15) is 5.26 Å². The van der Waals surface area contributed by atoms with E-state index in [-0.39, 0.29) is 22.7 Å². The number of piperidine rings is 1. The number of H-pyrrole nitrogens is 1. The molecule has 3 aromatic heterocycles. The van der Waals surface area contributed by atoms with Gasteiger partial charge in [0.1, 0.15) is 17.3 Å². The average Bonchev–Trinajstić information content (AvgIpc) is 3.34. The Labute approximate surface area is 267 Å². The van der Waals surface area contributed by atoms with E-state index in [2.05, 4.69) is 41.3 Å². The molecule has 0 bridgehead atoms. The first-order valence-corrected chi connectivity index (χ1v) is 15.6. The number of nitriles is 1. The number of fused-ring (bicyclic) bond motifs is 2. The van der Waals surface area contributed by atoms with Crippen LogP contribution in [0.4, 0.5) is 4.39 Å². The van der Waals surface area contributed by atoms with Gasteiger partial charge in [0, 0.05) is 24.1 Å². The van der Waals surface area contributed by atoms with Crippen molar-refractivity contribution in [3.8, 4) is 29.1 Å². The summed E-state index contributed by atoms with van der Waals surface area (Å²) in [5.41, 5.74) is 2.95. The molecule has 2 aromatic carbocycles. The lowest BCUT2D eigenvalue weighted by Gasteiger charge is -2.32. The Hall–Kier alpha value is -4.73. The molecule has 1 aliphatic carbocycles. The van der Waals surface area contributed by atoms with E-state index in [4.69, 9.17) is 26.1 Å². The number of aromatic nitrogens is 5. The number of rotatable bonds is 7. The topological polar surface area (TPSA) is 135 Å². The van der Waals surface area contributed by atoms with Crippen LogP contribution >= 0.6 is 11.6 Å². The number of ether oxygens (including phenoxy) is 2. The van der Waals surface area contributed by atoms with Crippen molar-refractivity contribution in [2.75, 3.05) is 13.1 Å². The minimum atomic E-state index is -1.30. The van der Waals surface area contributed by atoms with Crippen LogP contribution in [0.25, 0.3) is 22.6 Å². The van der Waals surface area contributed by atoms with Gasteiger partial charge in [-0.05, 0) is 75.0 Å². The molecule has 46 heavy (non-hydrogen) atoms. The maximum atomic E-state index is 14.9. The molecule has 0 spiro atoms. The van der Waals surface area contributed by atoms with Crippen molar-refractivity contribution >= 4 is 22.6 Å². The van der Waals surface area contributed by atoms with Gasteiger partial charge >= 0.3 is 5.76 Å². The highest BCUT2D eigenvalue weighted by Gasteiger charge is 2.45. The van der Waals surface area contributed by atoms with Crippen molar-refractivity contribution in [1.29, 1.82) is 5.26 Å². The summed E-state index contributed by atoms with van der Waals surface area (Å²) in [7, 11) is 0. The van der Waals surface area contributed by atoms with Crippen LogP contribution in [0.1, 0.15) is 55.5 Å². The van der Waals surface area contributed by atoms with E-state index < -0.39 is 17.4 Å². The minimum absolute atomic E-state index is 0.232. The van der Waals surface area contributed by atoms with Crippen molar-refractivity contribution in [2.45, 2.75) is 57.4 Å². The summed E-state index contributed by atoms with van der Waals surface area (Å²) in [6.07, 6.45) is 5.21. The lowest BCUT2D eigenvalue weighted by atomic mass is 9.88. The Morgan fingerprint density at radius 2 is 2.00 bits per heavy atom. The second kappa shape index (κ2) is 10.7. The molecule has 5 aromatic rings. The van der Waals surface area contributed by atoms with Crippen molar-refractivity contribution in [3.05, 3.63) is 87.0 Å². The summed E-state index contributed by atoms with van der Waals surface area (Å²) >= 11 is 5.98. The largest absolute Gasteiger partial charge is 0.444 e. The number of para-hydroxylation sites is 1. The standard InChI is InChI=1S/C33H29ClFN7O4/c1-32(22-6-5-20(34)13-23(22)35)44-27-4-2-3-21(29(27)45-32)19-7-11-41(12-8-19)16-28-38-24-14-25(30-39-31(43)46-40-30)37-15-26(24)42(28)18-33(17-36)9-10-33/h2-6,13-15,19H,7-12,16,18H2,1H3,(H,39,40,43)/t32-/m0/s1. The number of nitrogens with zero attached hydrogens (tertiary/aromatic N) is 6. The number of likely N-dealkylation sites (tertiary alicyclic amines) is 1. The Balaban J connectivity index is 1.02. The number of hydrogen-bond acceptors (Lipinski definition) is 9. The quantitative estimate of drug-likeness (QED) is 0.231. The predicted molar refractivity (Wildman–Crippen MR) is 165 cm³/mol. The monoisotopic (exact) mass is 641 g/mol. The zero-order valence-corrected chi connectivity index (χ0v) is 25.7. The highest BCUT2D eigenvalue weighted by Crippen LogP contribution is 2.50. The molecule has 234 valence electrons. The smallest absolute Gasteiger partial charge is 0.439 e. The van der Waals surface area contributed by atoms with Crippen molar-refractivity contribution < 1.29 is 18.4 Å². The second-order valence-corrected chi connectivity index (χ2v) is 12.9. The van der Waals surface area contributed by atoms with Crippen LogP contribution in [0.5, 0.6) is 11.5 Å². The van der Waals surface area contributed by atoms with E-state index in [9.17, 15) is 14.4 Å². The van der Waals surface area contributed by atoms with E-state index >= 15 is 0 Å². The fourth-order valence-corrected chi connectivity index (χ4v) is 6.80. The van der Waals surface area contributed by atoms with Gasteiger partial charge in [0.2, 0.25) is 5.82 Å². The third-order valence-electron chi connectivity index (χ3n) is 9.37. The molecule has 2 fully saturated rings. The summed E-state index contributed by atoms with van der Waals surface area (Å²) in [5.74, 6) is 0.151. The van der Waals surface area contributed by atoms with Crippen molar-refractivity contribution in [1.82, 2.24) is 29.6 Å². The summed E-state index contributed by atoms with van der Waals surface area (Å²) in [6.45, 7) is 4.54. The summed E-state index contributed by atoms with van der Waals surface area (Å²) < 4.78 is 34.2. The Bertz CT molecular complexity index is 2090. The maximum Gasteiger partial charge on any atom is 0.439 e. The lowest BCUT2D eigenvalue weighted by molar-refractivity contribution is -0.0712.